The Bertz CT molecular complexity index is 743. The molecule has 0 saturated carbocycles. The third-order valence-electron chi connectivity index (χ3n) is 4.27. The average Bonchev–Trinajstić information content (AvgIpc) is 3.08. The molecule has 0 aliphatic rings. The molecule has 2 aromatic rings. The number of thiophene rings is 1. The normalized spacial score (nSPS) is 11.3. The number of benzene rings is 1. The monoisotopic (exact) mass is 373 g/mol. The second-order valence-electron chi connectivity index (χ2n) is 6.79. The molecule has 0 radical (unpaired) electrons. The fraction of sp³-hybridized carbons (Fsp3) is 0.400. The van der Waals surface area contributed by atoms with Gasteiger partial charge in [-0.05, 0) is 57.5 Å². The molecule has 0 fully saturated rings. The van der Waals surface area contributed by atoms with Crippen LogP contribution in [0.15, 0.2) is 36.4 Å². The highest BCUT2D eigenvalue weighted by Gasteiger charge is 2.14. The number of nitrogens with two attached hydrogens (primary N) is 1. The number of nitrogens with one attached hydrogen (secondary N) is 1. The molecule has 0 saturated heterocycles. The SMILES string of the molecule is CC(C)N(CCNC(=O)c1ccc(-c2ccc(C(N)=O)cc2)s1)C(C)C. The molecule has 2 rings (SSSR count). The van der Waals surface area contributed by atoms with Crippen LogP contribution in [0.1, 0.15) is 47.7 Å². The Labute approximate surface area is 159 Å². The van der Waals surface area contributed by atoms with E-state index in [9.17, 15) is 9.59 Å². The van der Waals surface area contributed by atoms with Crippen molar-refractivity contribution in [2.24, 2.45) is 5.73 Å². The minimum absolute atomic E-state index is 0.0533. The van der Waals surface area contributed by atoms with Crippen molar-refractivity contribution in [3.8, 4) is 10.4 Å². The summed E-state index contributed by atoms with van der Waals surface area (Å²) in [5.74, 6) is -0.498. The van der Waals surface area contributed by atoms with Gasteiger partial charge in [0.15, 0.2) is 0 Å². The van der Waals surface area contributed by atoms with Crippen molar-refractivity contribution in [1.29, 1.82) is 0 Å². The van der Waals surface area contributed by atoms with Crippen LogP contribution in [0.2, 0.25) is 0 Å². The van der Waals surface area contributed by atoms with Gasteiger partial charge in [0.05, 0.1) is 4.88 Å². The van der Waals surface area contributed by atoms with Crippen LogP contribution in [0.25, 0.3) is 10.4 Å². The molecule has 1 aromatic carbocycles. The lowest BCUT2D eigenvalue weighted by molar-refractivity contribution is 0.0942. The molecule has 0 aliphatic carbocycles. The average molecular weight is 374 g/mol. The molecule has 2 amide bonds. The zero-order chi connectivity index (χ0) is 19.3. The standard InChI is InChI=1S/C20H27N3O2S/c1-13(2)23(14(3)4)12-11-22-20(25)18-10-9-17(26-18)15-5-7-16(8-6-15)19(21)24/h5-10,13-14H,11-12H2,1-4H3,(H2,21,24)(H,22,25). The van der Waals surface area contributed by atoms with E-state index in [0.29, 0.717) is 29.1 Å². The van der Waals surface area contributed by atoms with Crippen LogP contribution in [0.3, 0.4) is 0 Å². The first-order chi connectivity index (χ1) is 12.3. The molecule has 26 heavy (non-hydrogen) atoms. The Morgan fingerprint density at radius 1 is 1.04 bits per heavy atom. The van der Waals surface area contributed by atoms with Gasteiger partial charge in [0.1, 0.15) is 0 Å². The number of carbonyl (C=O) groups is 2. The number of nitrogens with zero attached hydrogens (tertiary/aromatic N) is 1. The number of hydrogen-bond donors (Lipinski definition) is 2. The molecule has 3 N–H and O–H groups in total. The lowest BCUT2D eigenvalue weighted by atomic mass is 10.1. The van der Waals surface area contributed by atoms with E-state index in [2.05, 4.69) is 37.9 Å². The van der Waals surface area contributed by atoms with Crippen molar-refractivity contribution in [2.75, 3.05) is 13.1 Å². The highest BCUT2D eigenvalue weighted by atomic mass is 32.1. The summed E-state index contributed by atoms with van der Waals surface area (Å²) in [7, 11) is 0. The number of amides is 2. The molecule has 5 nitrogen and oxygen atoms in total. The third kappa shape index (κ3) is 5.16. The highest BCUT2D eigenvalue weighted by Crippen LogP contribution is 2.28. The van der Waals surface area contributed by atoms with Crippen molar-refractivity contribution in [1.82, 2.24) is 10.2 Å². The van der Waals surface area contributed by atoms with Gasteiger partial charge in [0.2, 0.25) is 5.91 Å². The quantitative estimate of drug-likeness (QED) is 0.745. The molecule has 0 bridgehead atoms. The van der Waals surface area contributed by atoms with E-state index in [1.165, 1.54) is 11.3 Å². The molecule has 1 heterocycles. The van der Waals surface area contributed by atoms with Gasteiger partial charge in [-0.2, -0.15) is 0 Å². The zero-order valence-electron chi connectivity index (χ0n) is 15.8. The minimum Gasteiger partial charge on any atom is -0.366 e. The van der Waals surface area contributed by atoms with E-state index in [-0.39, 0.29) is 5.91 Å². The van der Waals surface area contributed by atoms with Crippen LogP contribution >= 0.6 is 11.3 Å². The van der Waals surface area contributed by atoms with Gasteiger partial charge in [-0.25, -0.2) is 0 Å². The smallest absolute Gasteiger partial charge is 0.261 e. The molecule has 1 aromatic heterocycles. The first-order valence-corrected chi connectivity index (χ1v) is 9.65. The van der Waals surface area contributed by atoms with Crippen LogP contribution in [0, 0.1) is 0 Å². The molecule has 0 atom stereocenters. The number of primary amides is 1. The molecule has 0 unspecified atom stereocenters. The van der Waals surface area contributed by atoms with E-state index in [1.54, 1.807) is 12.1 Å². The number of hydrogen-bond acceptors (Lipinski definition) is 4. The van der Waals surface area contributed by atoms with Gasteiger partial charge in [-0.3, -0.25) is 14.5 Å². The van der Waals surface area contributed by atoms with Crippen LogP contribution in [-0.4, -0.2) is 41.9 Å². The maximum Gasteiger partial charge on any atom is 0.261 e. The summed E-state index contributed by atoms with van der Waals surface area (Å²) in [5.41, 5.74) is 6.70. The summed E-state index contributed by atoms with van der Waals surface area (Å²) in [5, 5.41) is 3.00. The van der Waals surface area contributed by atoms with Crippen LogP contribution in [0.5, 0.6) is 0 Å². The Hall–Kier alpha value is -2.18. The fourth-order valence-electron chi connectivity index (χ4n) is 2.91. The highest BCUT2D eigenvalue weighted by molar-refractivity contribution is 7.17. The molecule has 140 valence electrons. The van der Waals surface area contributed by atoms with Gasteiger partial charge < -0.3 is 11.1 Å². The number of carbonyl (C=O) groups excluding carboxylic acids is 2. The second-order valence-corrected chi connectivity index (χ2v) is 7.87. The zero-order valence-corrected chi connectivity index (χ0v) is 16.6. The Balaban J connectivity index is 1.96. The maximum atomic E-state index is 12.4. The van der Waals surface area contributed by atoms with Gasteiger partial charge in [-0.1, -0.05) is 12.1 Å². The van der Waals surface area contributed by atoms with Crippen LogP contribution in [-0.2, 0) is 0 Å². The van der Waals surface area contributed by atoms with Crippen LogP contribution in [0.4, 0.5) is 0 Å². The third-order valence-corrected chi connectivity index (χ3v) is 5.40. The van der Waals surface area contributed by atoms with Crippen LogP contribution < -0.4 is 11.1 Å². The summed E-state index contributed by atoms with van der Waals surface area (Å²) >= 11 is 1.44. The predicted molar refractivity (Wildman–Crippen MR) is 108 cm³/mol. The lowest BCUT2D eigenvalue weighted by Crippen LogP contribution is -2.42. The van der Waals surface area contributed by atoms with Gasteiger partial charge >= 0.3 is 0 Å². The molecular weight excluding hydrogens is 346 g/mol. The first kappa shape index (κ1) is 20.1. The topological polar surface area (TPSA) is 75.4 Å². The maximum absolute atomic E-state index is 12.4. The summed E-state index contributed by atoms with van der Waals surface area (Å²) in [6, 6.07) is 11.7. The summed E-state index contributed by atoms with van der Waals surface area (Å²) in [4.78, 5) is 27.5. The summed E-state index contributed by atoms with van der Waals surface area (Å²) in [6.07, 6.45) is 0. The van der Waals surface area contributed by atoms with Crippen molar-refractivity contribution in [2.45, 2.75) is 39.8 Å². The molecule has 0 aliphatic heterocycles. The van der Waals surface area contributed by atoms with Gasteiger partial charge in [-0.15, -0.1) is 11.3 Å². The van der Waals surface area contributed by atoms with Crippen molar-refractivity contribution in [3.05, 3.63) is 46.8 Å². The molecule has 0 spiro atoms. The predicted octanol–water partition coefficient (Wildman–Crippen LogP) is 3.36. The first-order valence-electron chi connectivity index (χ1n) is 8.83. The fourth-order valence-corrected chi connectivity index (χ4v) is 3.84. The van der Waals surface area contributed by atoms with E-state index < -0.39 is 5.91 Å². The molecule has 6 heteroatoms. The van der Waals surface area contributed by atoms with Crippen molar-refractivity contribution < 1.29 is 9.59 Å². The van der Waals surface area contributed by atoms with E-state index in [4.69, 9.17) is 5.73 Å². The summed E-state index contributed by atoms with van der Waals surface area (Å²) in [6.45, 7) is 10.1. The van der Waals surface area contributed by atoms with Crippen molar-refractivity contribution >= 4 is 23.2 Å². The van der Waals surface area contributed by atoms with Gasteiger partial charge in [0, 0.05) is 35.6 Å². The molecular formula is C20H27N3O2S. The van der Waals surface area contributed by atoms with Gasteiger partial charge in [0.25, 0.3) is 5.91 Å². The minimum atomic E-state index is -0.445. The Morgan fingerprint density at radius 3 is 2.19 bits per heavy atom. The van der Waals surface area contributed by atoms with E-state index in [1.807, 2.05) is 24.3 Å². The van der Waals surface area contributed by atoms with E-state index in [0.717, 1.165) is 17.0 Å². The number of rotatable bonds is 8. The Morgan fingerprint density at radius 2 is 1.65 bits per heavy atom. The second kappa shape index (κ2) is 8.96. The lowest BCUT2D eigenvalue weighted by Gasteiger charge is -2.30. The summed E-state index contributed by atoms with van der Waals surface area (Å²) < 4.78 is 0. The largest absolute Gasteiger partial charge is 0.366 e. The van der Waals surface area contributed by atoms with E-state index >= 15 is 0 Å². The Kier molecular flexibility index (Phi) is 6.94. The van der Waals surface area contributed by atoms with Crippen molar-refractivity contribution in [3.63, 3.8) is 0 Å².